The molecule has 0 saturated heterocycles. The summed E-state index contributed by atoms with van der Waals surface area (Å²) < 4.78 is 0. The lowest BCUT2D eigenvalue weighted by atomic mass is 9.69. The first-order valence-electron chi connectivity index (χ1n) is 7.18. The molecule has 0 bridgehead atoms. The molecule has 0 saturated carbocycles. The fraction of sp³-hybridized carbons (Fsp3) is 0.875. The molecule has 0 aromatic rings. The first kappa shape index (κ1) is 17.3. The summed E-state index contributed by atoms with van der Waals surface area (Å²) in [6.45, 7) is 15.9. The highest BCUT2D eigenvalue weighted by Crippen LogP contribution is 2.32. The van der Waals surface area contributed by atoms with Gasteiger partial charge in [-0.05, 0) is 11.8 Å². The number of carbonyl (C=O) groups is 2. The maximum absolute atomic E-state index is 12.4. The van der Waals surface area contributed by atoms with Crippen LogP contribution >= 0.6 is 0 Å². The minimum atomic E-state index is -0.139. The molecule has 2 nitrogen and oxygen atoms in total. The second-order valence-corrected chi connectivity index (χ2v) is 6.65. The van der Waals surface area contributed by atoms with E-state index in [1.54, 1.807) is 0 Å². The number of rotatable bonds is 7. The van der Waals surface area contributed by atoms with E-state index in [-0.39, 0.29) is 47.1 Å². The molecular formula is C16H30O2. The number of hydrogen-bond acceptors (Lipinski definition) is 2. The SMILES string of the molecule is CC(C)C(=O)C(C(C)C)C(C(=O)C(C)C)C(C)C. The molecule has 2 heteroatoms. The molecule has 0 aromatic heterocycles. The van der Waals surface area contributed by atoms with E-state index in [0.717, 1.165) is 0 Å². The average molecular weight is 254 g/mol. The average Bonchev–Trinajstić information content (AvgIpc) is 2.22. The largest absolute Gasteiger partial charge is 0.299 e. The molecule has 0 fully saturated rings. The summed E-state index contributed by atoms with van der Waals surface area (Å²) in [4.78, 5) is 24.8. The Hall–Kier alpha value is -0.660. The van der Waals surface area contributed by atoms with E-state index >= 15 is 0 Å². The lowest BCUT2D eigenvalue weighted by Crippen LogP contribution is -2.40. The Morgan fingerprint density at radius 3 is 0.889 bits per heavy atom. The summed E-state index contributed by atoms with van der Waals surface area (Å²) in [5.41, 5.74) is 0. The smallest absolute Gasteiger partial charge is 0.139 e. The molecule has 106 valence electrons. The summed E-state index contributed by atoms with van der Waals surface area (Å²) in [6.07, 6.45) is 0. The fourth-order valence-electron chi connectivity index (χ4n) is 2.61. The van der Waals surface area contributed by atoms with Crippen LogP contribution in [0.3, 0.4) is 0 Å². The third-order valence-corrected chi connectivity index (χ3v) is 3.62. The van der Waals surface area contributed by atoms with Gasteiger partial charge in [-0.3, -0.25) is 9.59 Å². The highest BCUT2D eigenvalue weighted by Gasteiger charge is 2.38. The summed E-state index contributed by atoms with van der Waals surface area (Å²) in [5.74, 6) is 0.623. The van der Waals surface area contributed by atoms with Gasteiger partial charge in [0.05, 0.1) is 0 Å². The monoisotopic (exact) mass is 254 g/mol. The van der Waals surface area contributed by atoms with Crippen molar-refractivity contribution in [2.75, 3.05) is 0 Å². The zero-order valence-corrected chi connectivity index (χ0v) is 13.3. The number of Topliss-reactive ketones (excluding diaryl/α,β-unsaturated/α-hetero) is 2. The van der Waals surface area contributed by atoms with Crippen LogP contribution in [0.1, 0.15) is 55.4 Å². The first-order valence-corrected chi connectivity index (χ1v) is 7.18. The Kier molecular flexibility index (Phi) is 6.80. The van der Waals surface area contributed by atoms with Gasteiger partial charge in [-0.1, -0.05) is 55.4 Å². The zero-order valence-electron chi connectivity index (χ0n) is 13.3. The second kappa shape index (κ2) is 7.06. The van der Waals surface area contributed by atoms with E-state index in [9.17, 15) is 9.59 Å². The number of carbonyl (C=O) groups excluding carboxylic acids is 2. The van der Waals surface area contributed by atoms with Crippen molar-refractivity contribution in [1.82, 2.24) is 0 Å². The lowest BCUT2D eigenvalue weighted by molar-refractivity contribution is -0.139. The van der Waals surface area contributed by atoms with Gasteiger partial charge in [0.15, 0.2) is 0 Å². The van der Waals surface area contributed by atoms with Crippen LogP contribution in [-0.4, -0.2) is 11.6 Å². The standard InChI is InChI=1S/C16H30O2/c1-9(2)13(15(17)11(5)6)14(10(3)4)16(18)12(7)8/h9-14H,1-8H3. The molecule has 0 aromatic carbocycles. The molecule has 0 heterocycles. The minimum absolute atomic E-state index is 0.00128. The third-order valence-electron chi connectivity index (χ3n) is 3.62. The molecule has 18 heavy (non-hydrogen) atoms. The summed E-state index contributed by atoms with van der Waals surface area (Å²) in [5, 5.41) is 0. The zero-order chi connectivity index (χ0) is 14.6. The van der Waals surface area contributed by atoms with E-state index in [1.165, 1.54) is 0 Å². The van der Waals surface area contributed by atoms with E-state index in [4.69, 9.17) is 0 Å². The molecule has 0 radical (unpaired) electrons. The summed E-state index contributed by atoms with van der Waals surface area (Å²) in [7, 11) is 0. The molecule has 0 aliphatic rings. The van der Waals surface area contributed by atoms with Crippen LogP contribution in [0.25, 0.3) is 0 Å². The van der Waals surface area contributed by atoms with Crippen molar-refractivity contribution in [1.29, 1.82) is 0 Å². The van der Waals surface area contributed by atoms with Gasteiger partial charge >= 0.3 is 0 Å². The van der Waals surface area contributed by atoms with Crippen molar-refractivity contribution in [3.05, 3.63) is 0 Å². The van der Waals surface area contributed by atoms with Crippen LogP contribution in [0, 0.1) is 35.5 Å². The predicted octanol–water partition coefficient (Wildman–Crippen LogP) is 3.98. The van der Waals surface area contributed by atoms with Gasteiger partial charge in [0.2, 0.25) is 0 Å². The molecule has 0 amide bonds. The lowest BCUT2D eigenvalue weighted by Gasteiger charge is -2.33. The van der Waals surface area contributed by atoms with E-state index in [0.29, 0.717) is 0 Å². The molecule has 0 rings (SSSR count). The predicted molar refractivity (Wildman–Crippen MR) is 76.3 cm³/mol. The Morgan fingerprint density at radius 2 is 0.778 bits per heavy atom. The van der Waals surface area contributed by atoms with E-state index in [1.807, 2.05) is 55.4 Å². The molecule has 0 N–H and O–H groups in total. The van der Waals surface area contributed by atoms with Crippen LogP contribution in [0.4, 0.5) is 0 Å². The van der Waals surface area contributed by atoms with Crippen LogP contribution in [0.15, 0.2) is 0 Å². The molecular weight excluding hydrogens is 224 g/mol. The highest BCUT2D eigenvalue weighted by molar-refractivity contribution is 5.91. The second-order valence-electron chi connectivity index (χ2n) is 6.65. The quantitative estimate of drug-likeness (QED) is 0.688. The maximum atomic E-state index is 12.4. The summed E-state index contributed by atoms with van der Waals surface area (Å²) in [6, 6.07) is 0. The third kappa shape index (κ3) is 4.22. The highest BCUT2D eigenvalue weighted by atomic mass is 16.1. The van der Waals surface area contributed by atoms with Crippen LogP contribution < -0.4 is 0 Å². The van der Waals surface area contributed by atoms with Gasteiger partial charge < -0.3 is 0 Å². The Morgan fingerprint density at radius 1 is 0.556 bits per heavy atom. The van der Waals surface area contributed by atoms with Crippen molar-refractivity contribution in [2.45, 2.75) is 55.4 Å². The topological polar surface area (TPSA) is 34.1 Å². The normalized spacial score (nSPS) is 15.6. The van der Waals surface area contributed by atoms with Crippen LogP contribution in [-0.2, 0) is 9.59 Å². The van der Waals surface area contributed by atoms with E-state index < -0.39 is 0 Å². The molecule has 2 unspecified atom stereocenters. The Balaban J connectivity index is 5.39. The molecule has 2 atom stereocenters. The Labute approximate surface area is 113 Å². The Bertz CT molecular complexity index is 257. The maximum Gasteiger partial charge on any atom is 0.139 e. The van der Waals surface area contributed by atoms with Crippen molar-refractivity contribution in [3.8, 4) is 0 Å². The van der Waals surface area contributed by atoms with Gasteiger partial charge in [-0.15, -0.1) is 0 Å². The van der Waals surface area contributed by atoms with E-state index in [2.05, 4.69) is 0 Å². The van der Waals surface area contributed by atoms with Crippen molar-refractivity contribution < 1.29 is 9.59 Å². The fourth-order valence-corrected chi connectivity index (χ4v) is 2.61. The van der Waals surface area contributed by atoms with Crippen LogP contribution in [0.2, 0.25) is 0 Å². The van der Waals surface area contributed by atoms with Gasteiger partial charge in [0.25, 0.3) is 0 Å². The molecule has 0 aliphatic carbocycles. The van der Waals surface area contributed by atoms with Gasteiger partial charge in [0.1, 0.15) is 11.6 Å². The van der Waals surface area contributed by atoms with Crippen molar-refractivity contribution in [3.63, 3.8) is 0 Å². The van der Waals surface area contributed by atoms with Gasteiger partial charge in [0, 0.05) is 23.7 Å². The van der Waals surface area contributed by atoms with Gasteiger partial charge in [-0.25, -0.2) is 0 Å². The minimum Gasteiger partial charge on any atom is -0.299 e. The number of ketones is 2. The molecule has 0 spiro atoms. The summed E-state index contributed by atoms with van der Waals surface area (Å²) >= 11 is 0. The van der Waals surface area contributed by atoms with Crippen molar-refractivity contribution in [2.24, 2.45) is 35.5 Å². The number of hydrogen-bond donors (Lipinski definition) is 0. The van der Waals surface area contributed by atoms with Crippen molar-refractivity contribution >= 4 is 11.6 Å². The first-order chi connectivity index (χ1) is 8.11. The van der Waals surface area contributed by atoms with Gasteiger partial charge in [-0.2, -0.15) is 0 Å². The molecule has 0 aliphatic heterocycles. The van der Waals surface area contributed by atoms with Crippen LogP contribution in [0.5, 0.6) is 0 Å².